The van der Waals surface area contributed by atoms with Crippen LogP contribution in [0.25, 0.3) is 0 Å². The van der Waals surface area contributed by atoms with Crippen LogP contribution in [0.5, 0.6) is 0 Å². The molecule has 0 unspecified atom stereocenters. The first kappa shape index (κ1) is 25.5. The first-order chi connectivity index (χ1) is 12.2. The fourth-order valence-corrected chi connectivity index (χ4v) is 3.28. The van der Waals surface area contributed by atoms with Crippen molar-refractivity contribution in [3.63, 3.8) is 0 Å². The SMILES string of the molecule is CC.O=C(NC1CCCCC1)c1nc(Cl)nc2c1CCC2.[CH2-]COC.[W]. The number of aryl methyl sites for hydroxylation is 1. The first-order valence-electron chi connectivity index (χ1n) is 9.30. The fourth-order valence-electron chi connectivity index (χ4n) is 3.09. The van der Waals surface area contributed by atoms with Crippen LogP contribution in [-0.2, 0) is 38.6 Å². The maximum absolute atomic E-state index is 12.4. The zero-order valence-corrected chi connectivity index (χ0v) is 19.8. The molecule has 0 bridgehead atoms. The van der Waals surface area contributed by atoms with Crippen LogP contribution in [0.1, 0.15) is 74.1 Å². The zero-order valence-electron chi connectivity index (χ0n) is 16.1. The van der Waals surface area contributed by atoms with Crippen molar-refractivity contribution in [1.82, 2.24) is 15.3 Å². The molecule has 7 heteroatoms. The molecule has 1 aromatic heterocycles. The van der Waals surface area contributed by atoms with Gasteiger partial charge in [-0.15, -0.1) is 0 Å². The Kier molecular flexibility index (Phi) is 14.2. The van der Waals surface area contributed by atoms with Crippen LogP contribution in [-0.4, -0.2) is 35.6 Å². The molecule has 0 aromatic carbocycles. The van der Waals surface area contributed by atoms with Gasteiger partial charge in [0.15, 0.2) is 0 Å². The number of methoxy groups -OCH3 is 1. The van der Waals surface area contributed by atoms with Gasteiger partial charge < -0.3 is 17.0 Å². The van der Waals surface area contributed by atoms with Crippen LogP contribution in [0.3, 0.4) is 0 Å². The summed E-state index contributed by atoms with van der Waals surface area (Å²) in [5.41, 5.74) is 2.45. The van der Waals surface area contributed by atoms with Crippen molar-refractivity contribution in [2.24, 2.45) is 0 Å². The van der Waals surface area contributed by atoms with Gasteiger partial charge in [-0.1, -0.05) is 39.7 Å². The van der Waals surface area contributed by atoms with E-state index in [1.807, 2.05) is 13.8 Å². The van der Waals surface area contributed by atoms with Crippen molar-refractivity contribution in [3.8, 4) is 0 Å². The average molecular weight is 553 g/mol. The zero-order chi connectivity index (χ0) is 18.7. The van der Waals surface area contributed by atoms with E-state index < -0.39 is 0 Å². The molecule has 26 heavy (non-hydrogen) atoms. The molecule has 1 heterocycles. The van der Waals surface area contributed by atoms with E-state index in [1.165, 1.54) is 19.3 Å². The standard InChI is InChI=1S/C14H18ClN3O.C3H7O.C2H6.W/c15-14-17-11-8-4-7-10(11)12(18-14)13(19)16-9-5-2-1-3-6-9;1-3-4-2;1-2;/h9H,1-8H2,(H,16,19);1,3H2,2H3;1-2H3;/q;-1;;. The molecule has 0 saturated heterocycles. The predicted molar refractivity (Wildman–Crippen MR) is 102 cm³/mol. The number of halogens is 1. The Bertz CT molecular complexity index is 536. The summed E-state index contributed by atoms with van der Waals surface area (Å²) in [5, 5.41) is 3.29. The van der Waals surface area contributed by atoms with Crippen molar-refractivity contribution in [2.45, 2.75) is 71.3 Å². The van der Waals surface area contributed by atoms with Crippen LogP contribution in [0.4, 0.5) is 0 Å². The topological polar surface area (TPSA) is 64.1 Å². The molecule has 3 rings (SSSR count). The molecule has 148 valence electrons. The van der Waals surface area contributed by atoms with Gasteiger partial charge in [-0.2, -0.15) is 0 Å². The summed E-state index contributed by atoms with van der Waals surface area (Å²) in [6.45, 7) is 7.95. The molecule has 1 fully saturated rings. The van der Waals surface area contributed by atoms with Gasteiger partial charge in [-0.25, -0.2) is 9.97 Å². The summed E-state index contributed by atoms with van der Waals surface area (Å²) < 4.78 is 4.43. The van der Waals surface area contributed by atoms with E-state index in [9.17, 15) is 4.79 Å². The molecule has 1 amide bonds. The van der Waals surface area contributed by atoms with Crippen molar-refractivity contribution in [1.29, 1.82) is 0 Å². The average Bonchev–Trinajstić information content (AvgIpc) is 3.12. The molecule has 0 radical (unpaired) electrons. The Balaban J connectivity index is 0.000000795. The minimum absolute atomic E-state index is 0. The summed E-state index contributed by atoms with van der Waals surface area (Å²) in [6, 6.07) is 0.298. The minimum Gasteiger partial charge on any atom is -0.417 e. The van der Waals surface area contributed by atoms with E-state index in [0.717, 1.165) is 43.4 Å². The minimum atomic E-state index is -0.0747. The Morgan fingerprint density at radius 1 is 1.19 bits per heavy atom. The van der Waals surface area contributed by atoms with Crippen LogP contribution < -0.4 is 5.32 Å². The second kappa shape index (κ2) is 14.5. The third-order valence-electron chi connectivity index (χ3n) is 4.27. The number of nitrogens with one attached hydrogen (secondary N) is 1. The Labute approximate surface area is 177 Å². The van der Waals surface area contributed by atoms with Crippen LogP contribution >= 0.6 is 11.6 Å². The molecule has 0 spiro atoms. The van der Waals surface area contributed by atoms with E-state index in [0.29, 0.717) is 18.3 Å². The molecule has 0 atom stereocenters. The Morgan fingerprint density at radius 2 is 1.81 bits per heavy atom. The number of carbonyl (C=O) groups excluding carboxylic acids is 1. The predicted octanol–water partition coefficient (Wildman–Crippen LogP) is 4.17. The number of amides is 1. The second-order valence-electron chi connectivity index (χ2n) is 5.92. The van der Waals surface area contributed by atoms with Gasteiger partial charge in [0, 0.05) is 45.5 Å². The second-order valence-corrected chi connectivity index (χ2v) is 6.26. The molecule has 0 aliphatic heterocycles. The van der Waals surface area contributed by atoms with E-state index in [-0.39, 0.29) is 32.3 Å². The molecular formula is C19H31ClN3O2W-. The largest absolute Gasteiger partial charge is 0.417 e. The molecule has 2 aliphatic rings. The maximum atomic E-state index is 12.4. The number of nitrogens with zero attached hydrogens (tertiary/aromatic N) is 2. The molecule has 2 aliphatic carbocycles. The summed E-state index contributed by atoms with van der Waals surface area (Å²) in [5.74, 6) is -0.0747. The third-order valence-corrected chi connectivity index (χ3v) is 4.43. The van der Waals surface area contributed by atoms with Gasteiger partial charge in [0.05, 0.1) is 0 Å². The van der Waals surface area contributed by atoms with E-state index in [2.05, 4.69) is 26.9 Å². The van der Waals surface area contributed by atoms with Gasteiger partial charge in [0.25, 0.3) is 5.91 Å². The number of hydrogen-bond acceptors (Lipinski definition) is 4. The van der Waals surface area contributed by atoms with E-state index in [4.69, 9.17) is 11.6 Å². The van der Waals surface area contributed by atoms with Gasteiger partial charge in [0.2, 0.25) is 5.28 Å². The van der Waals surface area contributed by atoms with Gasteiger partial charge in [-0.3, -0.25) is 4.79 Å². The number of rotatable bonds is 3. The normalized spacial score (nSPS) is 15.4. The van der Waals surface area contributed by atoms with Crippen LogP contribution in [0, 0.1) is 6.92 Å². The quantitative estimate of drug-likeness (QED) is 0.452. The summed E-state index contributed by atoms with van der Waals surface area (Å²) in [6.07, 6.45) is 8.66. The van der Waals surface area contributed by atoms with Gasteiger partial charge in [0.1, 0.15) is 5.69 Å². The molecule has 1 aromatic rings. The number of aromatic nitrogens is 2. The maximum Gasteiger partial charge on any atom is 0.270 e. The Morgan fingerprint density at radius 3 is 2.38 bits per heavy atom. The summed E-state index contributed by atoms with van der Waals surface area (Å²) in [4.78, 5) is 20.7. The first-order valence-corrected chi connectivity index (χ1v) is 9.67. The molecule has 5 nitrogen and oxygen atoms in total. The smallest absolute Gasteiger partial charge is 0.270 e. The van der Waals surface area contributed by atoms with E-state index >= 15 is 0 Å². The van der Waals surface area contributed by atoms with Crippen molar-refractivity contribution in [2.75, 3.05) is 13.7 Å². The summed E-state index contributed by atoms with van der Waals surface area (Å²) in [7, 11) is 1.62. The molecule has 1 N–H and O–H groups in total. The number of hydrogen-bond donors (Lipinski definition) is 1. The van der Waals surface area contributed by atoms with Gasteiger partial charge >= 0.3 is 0 Å². The number of ether oxygens (including phenoxy) is 1. The van der Waals surface area contributed by atoms with E-state index in [1.54, 1.807) is 7.11 Å². The fraction of sp³-hybridized carbons (Fsp3) is 0.684. The summed E-state index contributed by atoms with van der Waals surface area (Å²) >= 11 is 5.91. The van der Waals surface area contributed by atoms with Crippen molar-refractivity contribution >= 4 is 17.5 Å². The molecule has 1 saturated carbocycles. The monoisotopic (exact) mass is 552 g/mol. The molecular weight excluding hydrogens is 522 g/mol. The number of carbonyl (C=O) groups is 1. The van der Waals surface area contributed by atoms with Crippen LogP contribution in [0.15, 0.2) is 0 Å². The van der Waals surface area contributed by atoms with Crippen molar-refractivity contribution in [3.05, 3.63) is 29.2 Å². The third kappa shape index (κ3) is 8.02. The Hall–Kier alpha value is -0.512. The van der Waals surface area contributed by atoms with Gasteiger partial charge in [-0.05, 0) is 43.7 Å². The van der Waals surface area contributed by atoms with Crippen molar-refractivity contribution < 1.29 is 30.6 Å². The van der Waals surface area contributed by atoms with Crippen LogP contribution in [0.2, 0.25) is 5.28 Å². The number of fused-ring (bicyclic) bond motifs is 1.